The average molecular weight is 377 g/mol. The predicted molar refractivity (Wildman–Crippen MR) is 104 cm³/mol. The van der Waals surface area contributed by atoms with E-state index in [1.165, 1.54) is 0 Å². The van der Waals surface area contributed by atoms with Crippen LogP contribution in [0.15, 0.2) is 42.5 Å². The highest BCUT2D eigenvalue weighted by Crippen LogP contribution is 2.20. The third kappa shape index (κ3) is 6.58. The number of carbonyl (C=O) groups is 1. The molecule has 1 amide bonds. The van der Waals surface area contributed by atoms with Crippen LogP contribution in [-0.2, 0) is 11.3 Å². The Morgan fingerprint density at radius 3 is 2.62 bits per heavy atom. The Bertz CT molecular complexity index is 719. The van der Waals surface area contributed by atoms with Crippen LogP contribution in [-0.4, -0.2) is 44.7 Å². The van der Waals surface area contributed by atoms with Crippen molar-refractivity contribution in [1.82, 2.24) is 10.2 Å². The molecule has 0 saturated heterocycles. The fraction of sp³-hybridized carbons (Fsp3) is 0.350. The predicted octanol–water partition coefficient (Wildman–Crippen LogP) is 3.28. The smallest absolute Gasteiger partial charge is 0.234 e. The second-order valence-electron chi connectivity index (χ2n) is 6.14. The summed E-state index contributed by atoms with van der Waals surface area (Å²) in [6.07, 6.45) is 0. The Labute approximate surface area is 159 Å². The molecule has 0 aromatic heterocycles. The van der Waals surface area contributed by atoms with Gasteiger partial charge in [0.2, 0.25) is 5.91 Å². The topological polar surface area (TPSA) is 50.8 Å². The van der Waals surface area contributed by atoms with Crippen LogP contribution < -0.4 is 14.8 Å². The van der Waals surface area contributed by atoms with E-state index in [0.29, 0.717) is 31.3 Å². The maximum atomic E-state index is 12.1. The maximum Gasteiger partial charge on any atom is 0.234 e. The van der Waals surface area contributed by atoms with Crippen molar-refractivity contribution in [2.75, 3.05) is 33.9 Å². The number of methoxy groups -OCH3 is 1. The Hall–Kier alpha value is -2.24. The Balaban J connectivity index is 1.72. The molecule has 26 heavy (non-hydrogen) atoms. The van der Waals surface area contributed by atoms with Gasteiger partial charge in [-0.1, -0.05) is 29.3 Å². The van der Waals surface area contributed by atoms with E-state index in [9.17, 15) is 4.79 Å². The molecule has 140 valence electrons. The first-order valence-corrected chi connectivity index (χ1v) is 8.83. The lowest BCUT2D eigenvalue weighted by Crippen LogP contribution is -2.36. The summed E-state index contributed by atoms with van der Waals surface area (Å²) in [6.45, 7) is 3.83. The van der Waals surface area contributed by atoms with Crippen molar-refractivity contribution in [1.29, 1.82) is 0 Å². The molecule has 0 spiro atoms. The van der Waals surface area contributed by atoms with Gasteiger partial charge in [0.1, 0.15) is 18.1 Å². The number of rotatable bonds is 9. The largest absolute Gasteiger partial charge is 0.496 e. The second-order valence-corrected chi connectivity index (χ2v) is 6.58. The van der Waals surface area contributed by atoms with Crippen molar-refractivity contribution in [2.24, 2.45) is 0 Å². The minimum absolute atomic E-state index is 0.0428. The molecule has 0 atom stereocenters. The van der Waals surface area contributed by atoms with Crippen molar-refractivity contribution in [3.8, 4) is 11.5 Å². The second kappa shape index (κ2) is 10.0. The zero-order valence-electron chi connectivity index (χ0n) is 15.4. The number of ether oxygens (including phenoxy) is 2. The van der Waals surface area contributed by atoms with E-state index in [2.05, 4.69) is 11.4 Å². The molecule has 0 aliphatic heterocycles. The number of benzene rings is 2. The number of nitrogens with one attached hydrogen (secondary N) is 1. The Morgan fingerprint density at radius 1 is 1.19 bits per heavy atom. The molecular formula is C20H25ClN2O3. The molecule has 2 aromatic rings. The van der Waals surface area contributed by atoms with Crippen LogP contribution in [0, 0.1) is 6.92 Å². The van der Waals surface area contributed by atoms with E-state index in [1.807, 2.05) is 31.0 Å². The van der Waals surface area contributed by atoms with Crippen LogP contribution in [0.25, 0.3) is 0 Å². The molecule has 0 heterocycles. The standard InChI is InChI=1S/C20H25ClN2O3/c1-15-4-9-19(25-3)16(12-15)13-23(2)14-20(24)22-10-11-26-18-7-5-17(21)6-8-18/h4-9,12H,10-11,13-14H2,1-3H3,(H,22,24). The first-order valence-electron chi connectivity index (χ1n) is 8.45. The van der Waals surface area contributed by atoms with Crippen LogP contribution in [0.1, 0.15) is 11.1 Å². The molecular weight excluding hydrogens is 352 g/mol. The fourth-order valence-corrected chi connectivity index (χ4v) is 2.69. The molecule has 0 aliphatic carbocycles. The van der Waals surface area contributed by atoms with Crippen LogP contribution in [0.2, 0.25) is 5.02 Å². The maximum absolute atomic E-state index is 12.1. The van der Waals surface area contributed by atoms with Gasteiger partial charge in [-0.3, -0.25) is 9.69 Å². The quantitative estimate of drug-likeness (QED) is 0.682. The highest BCUT2D eigenvalue weighted by atomic mass is 35.5. The van der Waals surface area contributed by atoms with E-state index in [0.717, 1.165) is 22.6 Å². The van der Waals surface area contributed by atoms with Gasteiger partial charge in [-0.05, 0) is 44.3 Å². The van der Waals surface area contributed by atoms with Crippen molar-refractivity contribution < 1.29 is 14.3 Å². The summed E-state index contributed by atoms with van der Waals surface area (Å²) >= 11 is 5.82. The normalized spacial score (nSPS) is 10.7. The van der Waals surface area contributed by atoms with E-state index in [4.69, 9.17) is 21.1 Å². The number of hydrogen-bond acceptors (Lipinski definition) is 4. The minimum Gasteiger partial charge on any atom is -0.496 e. The lowest BCUT2D eigenvalue weighted by atomic mass is 10.1. The van der Waals surface area contributed by atoms with Crippen molar-refractivity contribution in [3.05, 3.63) is 58.6 Å². The van der Waals surface area contributed by atoms with Gasteiger partial charge in [-0.25, -0.2) is 0 Å². The monoisotopic (exact) mass is 376 g/mol. The number of likely N-dealkylation sites (N-methyl/N-ethyl adjacent to an activating group) is 1. The summed E-state index contributed by atoms with van der Waals surface area (Å²) in [5, 5.41) is 3.52. The van der Waals surface area contributed by atoms with E-state index in [1.54, 1.807) is 31.4 Å². The van der Waals surface area contributed by atoms with Gasteiger partial charge in [0.05, 0.1) is 20.2 Å². The van der Waals surface area contributed by atoms with Crippen molar-refractivity contribution >= 4 is 17.5 Å². The summed E-state index contributed by atoms with van der Waals surface area (Å²) in [6, 6.07) is 13.2. The van der Waals surface area contributed by atoms with E-state index < -0.39 is 0 Å². The highest BCUT2D eigenvalue weighted by molar-refractivity contribution is 6.30. The number of amides is 1. The van der Waals surface area contributed by atoms with Gasteiger partial charge < -0.3 is 14.8 Å². The summed E-state index contributed by atoms with van der Waals surface area (Å²) in [5.74, 6) is 1.52. The van der Waals surface area contributed by atoms with Gasteiger partial charge in [-0.2, -0.15) is 0 Å². The molecule has 0 aliphatic rings. The SMILES string of the molecule is COc1ccc(C)cc1CN(C)CC(=O)NCCOc1ccc(Cl)cc1. The molecule has 0 bridgehead atoms. The summed E-state index contributed by atoms with van der Waals surface area (Å²) < 4.78 is 10.9. The van der Waals surface area contributed by atoms with E-state index in [-0.39, 0.29) is 5.91 Å². The summed E-state index contributed by atoms with van der Waals surface area (Å²) in [5.41, 5.74) is 2.23. The molecule has 2 rings (SSSR count). The van der Waals surface area contributed by atoms with Gasteiger partial charge in [0.25, 0.3) is 0 Å². The lowest BCUT2D eigenvalue weighted by Gasteiger charge is -2.18. The van der Waals surface area contributed by atoms with E-state index >= 15 is 0 Å². The van der Waals surface area contributed by atoms with Crippen LogP contribution in [0.3, 0.4) is 0 Å². The number of aryl methyl sites for hydroxylation is 1. The molecule has 0 radical (unpaired) electrons. The van der Waals surface area contributed by atoms with Gasteiger partial charge >= 0.3 is 0 Å². The molecule has 5 nitrogen and oxygen atoms in total. The zero-order valence-corrected chi connectivity index (χ0v) is 16.2. The van der Waals surface area contributed by atoms with Gasteiger partial charge in [0, 0.05) is 17.1 Å². The van der Waals surface area contributed by atoms with Crippen LogP contribution >= 0.6 is 11.6 Å². The molecule has 0 saturated carbocycles. The molecule has 1 N–H and O–H groups in total. The van der Waals surface area contributed by atoms with Gasteiger partial charge in [-0.15, -0.1) is 0 Å². The first-order chi connectivity index (χ1) is 12.5. The number of halogens is 1. The van der Waals surface area contributed by atoms with Crippen LogP contribution in [0.4, 0.5) is 0 Å². The van der Waals surface area contributed by atoms with Crippen molar-refractivity contribution in [2.45, 2.75) is 13.5 Å². The summed E-state index contributed by atoms with van der Waals surface area (Å²) in [4.78, 5) is 14.0. The first kappa shape index (κ1) is 20.1. The molecule has 0 fully saturated rings. The number of hydrogen-bond donors (Lipinski definition) is 1. The molecule has 0 unspecified atom stereocenters. The number of nitrogens with zero attached hydrogens (tertiary/aromatic N) is 1. The highest BCUT2D eigenvalue weighted by Gasteiger charge is 2.10. The summed E-state index contributed by atoms with van der Waals surface area (Å²) in [7, 11) is 3.56. The minimum atomic E-state index is -0.0428. The number of carbonyl (C=O) groups excluding carboxylic acids is 1. The third-order valence-electron chi connectivity index (χ3n) is 3.80. The third-order valence-corrected chi connectivity index (χ3v) is 4.05. The lowest BCUT2D eigenvalue weighted by molar-refractivity contribution is -0.122. The van der Waals surface area contributed by atoms with Gasteiger partial charge in [0.15, 0.2) is 0 Å². The Kier molecular flexibility index (Phi) is 7.75. The fourth-order valence-electron chi connectivity index (χ4n) is 2.57. The molecule has 2 aromatic carbocycles. The zero-order chi connectivity index (χ0) is 18.9. The van der Waals surface area contributed by atoms with Crippen molar-refractivity contribution in [3.63, 3.8) is 0 Å². The average Bonchev–Trinajstić information content (AvgIpc) is 2.60. The Morgan fingerprint density at radius 2 is 1.92 bits per heavy atom. The molecule has 6 heteroatoms. The van der Waals surface area contributed by atoms with Crippen LogP contribution in [0.5, 0.6) is 11.5 Å².